The van der Waals surface area contributed by atoms with Crippen LogP contribution in [-0.4, -0.2) is 46.9 Å². The van der Waals surface area contributed by atoms with Gasteiger partial charge in [0.05, 0.1) is 25.2 Å². The Morgan fingerprint density at radius 1 is 0.414 bits per heavy atom. The van der Waals surface area contributed by atoms with Crippen LogP contribution in [0.25, 0.3) is 0 Å². The third-order valence-corrected chi connectivity index (χ3v) is 13.9. The first-order valence-corrected chi connectivity index (χ1v) is 30.6. The van der Waals surface area contributed by atoms with Crippen molar-refractivity contribution in [1.82, 2.24) is 5.32 Å². The lowest BCUT2D eigenvalue weighted by molar-refractivity contribution is -0.151. The summed E-state index contributed by atoms with van der Waals surface area (Å²) in [6.45, 7) is 6.49. The van der Waals surface area contributed by atoms with E-state index in [9.17, 15) is 19.8 Å². The van der Waals surface area contributed by atoms with Crippen LogP contribution in [-0.2, 0) is 14.3 Å². The van der Waals surface area contributed by atoms with E-state index in [-0.39, 0.29) is 24.9 Å². The van der Waals surface area contributed by atoms with Crippen LogP contribution in [0.15, 0.2) is 60.8 Å². The fourth-order valence-electron chi connectivity index (χ4n) is 9.25. The highest BCUT2D eigenvalue weighted by Crippen LogP contribution is 2.18. The topological polar surface area (TPSA) is 95.9 Å². The minimum atomic E-state index is -0.802. The Morgan fingerprint density at radius 3 is 1.11 bits per heavy atom. The van der Waals surface area contributed by atoms with Gasteiger partial charge in [0.25, 0.3) is 0 Å². The van der Waals surface area contributed by atoms with Crippen molar-refractivity contribution in [2.45, 2.75) is 328 Å². The number of carbonyl (C=O) groups excluding carboxylic acids is 2. The molecule has 0 rings (SSSR count). The molecule has 0 aliphatic rings. The average Bonchev–Trinajstić information content (AvgIpc) is 3.35. The average molecular weight is 981 g/mol. The number of carbonyl (C=O) groups is 2. The molecular weight excluding hydrogens is 863 g/mol. The van der Waals surface area contributed by atoms with Crippen molar-refractivity contribution in [1.29, 1.82) is 0 Å². The fraction of sp³-hybridized carbons (Fsp3) is 0.812. The molecule has 6 heteroatoms. The second-order valence-electron chi connectivity index (χ2n) is 20.8. The lowest BCUT2D eigenvalue weighted by Gasteiger charge is -2.24. The molecule has 3 atom stereocenters. The molecule has 3 unspecified atom stereocenters. The number of nitrogens with one attached hydrogen (secondary N) is 1. The van der Waals surface area contributed by atoms with Crippen LogP contribution in [0.3, 0.4) is 0 Å². The first-order valence-electron chi connectivity index (χ1n) is 30.6. The van der Waals surface area contributed by atoms with Crippen LogP contribution in [0.5, 0.6) is 0 Å². The van der Waals surface area contributed by atoms with E-state index in [1.54, 1.807) is 0 Å². The van der Waals surface area contributed by atoms with Crippen LogP contribution < -0.4 is 5.32 Å². The van der Waals surface area contributed by atoms with Gasteiger partial charge in [0, 0.05) is 6.42 Å². The Hall–Kier alpha value is -2.44. The molecule has 0 heterocycles. The van der Waals surface area contributed by atoms with E-state index < -0.39 is 18.2 Å². The minimum absolute atomic E-state index is 0.0512. The molecule has 0 radical (unpaired) electrons. The van der Waals surface area contributed by atoms with Gasteiger partial charge in [-0.1, -0.05) is 281 Å². The smallest absolute Gasteiger partial charge is 0.306 e. The number of rotatable bonds is 55. The Bertz CT molecular complexity index is 1240. The van der Waals surface area contributed by atoms with E-state index in [1.807, 2.05) is 0 Å². The summed E-state index contributed by atoms with van der Waals surface area (Å²) in [7, 11) is 0. The van der Waals surface area contributed by atoms with Gasteiger partial charge in [-0.15, -0.1) is 0 Å². The van der Waals surface area contributed by atoms with Gasteiger partial charge >= 0.3 is 5.97 Å². The second-order valence-corrected chi connectivity index (χ2v) is 20.8. The van der Waals surface area contributed by atoms with E-state index >= 15 is 0 Å². The number of aliphatic hydroxyl groups excluding tert-OH is 2. The van der Waals surface area contributed by atoms with Crippen LogP contribution in [0.4, 0.5) is 0 Å². The molecule has 0 aromatic carbocycles. The van der Waals surface area contributed by atoms with Crippen LogP contribution >= 0.6 is 0 Å². The predicted molar refractivity (Wildman–Crippen MR) is 305 cm³/mol. The van der Waals surface area contributed by atoms with E-state index in [1.165, 1.54) is 173 Å². The predicted octanol–water partition coefficient (Wildman–Crippen LogP) is 19.1. The highest BCUT2D eigenvalue weighted by Gasteiger charge is 2.24. The standard InChI is InChI=1S/C64H117NO5/c1-4-7-10-13-16-19-22-25-28-31-33-36-39-42-45-48-51-54-57-64(69)70-60(55-52-49-46-43-40-37-34-30-27-24-21-18-15-12-9-6-3)58-63(68)65-61(59-66)62(67)56-53-50-47-44-41-38-35-32-29-26-23-20-17-14-11-8-5-2/h22,25,28,30-31,33-34,36-37,40,60-62,66-67H,4-21,23-24,26-27,29,32,35,38-39,41-59H2,1-3H3,(H,65,68)/b25-22+,31-28+,34-30+,36-33+,40-37+. The molecule has 0 saturated carbocycles. The monoisotopic (exact) mass is 980 g/mol. The molecule has 6 nitrogen and oxygen atoms in total. The Balaban J connectivity index is 4.61. The molecule has 0 aromatic heterocycles. The Morgan fingerprint density at radius 2 is 0.729 bits per heavy atom. The van der Waals surface area contributed by atoms with Gasteiger partial charge in [-0.05, 0) is 77.0 Å². The molecule has 408 valence electrons. The number of unbranched alkanes of at least 4 members (excludes halogenated alkanes) is 36. The number of ether oxygens (including phenoxy) is 1. The number of amides is 1. The number of aliphatic hydroxyl groups is 2. The summed E-state index contributed by atoms with van der Waals surface area (Å²) in [5, 5.41) is 23.9. The fourth-order valence-corrected chi connectivity index (χ4v) is 9.25. The molecule has 0 bridgehead atoms. The summed E-state index contributed by atoms with van der Waals surface area (Å²) in [6.07, 6.45) is 72.9. The minimum Gasteiger partial charge on any atom is -0.462 e. The maximum absolute atomic E-state index is 13.3. The number of esters is 1. The molecular formula is C64H117NO5. The highest BCUT2D eigenvalue weighted by molar-refractivity contribution is 5.77. The molecule has 0 saturated heterocycles. The Labute approximate surface area is 435 Å². The van der Waals surface area contributed by atoms with Crippen molar-refractivity contribution < 1.29 is 24.5 Å². The maximum Gasteiger partial charge on any atom is 0.306 e. The first-order chi connectivity index (χ1) is 34.5. The van der Waals surface area contributed by atoms with Crippen LogP contribution in [0.2, 0.25) is 0 Å². The summed E-state index contributed by atoms with van der Waals surface area (Å²) in [5.41, 5.74) is 0. The summed E-state index contributed by atoms with van der Waals surface area (Å²) in [5.74, 6) is -0.513. The van der Waals surface area contributed by atoms with Crippen molar-refractivity contribution in [3.8, 4) is 0 Å². The van der Waals surface area contributed by atoms with Gasteiger partial charge in [-0.3, -0.25) is 9.59 Å². The van der Waals surface area contributed by atoms with Gasteiger partial charge in [-0.25, -0.2) is 0 Å². The van der Waals surface area contributed by atoms with E-state index in [2.05, 4.69) is 86.8 Å². The summed E-state index contributed by atoms with van der Waals surface area (Å²) in [6, 6.07) is -0.717. The van der Waals surface area contributed by atoms with Gasteiger partial charge in [0.1, 0.15) is 6.10 Å². The summed E-state index contributed by atoms with van der Waals surface area (Å²) < 4.78 is 5.95. The van der Waals surface area contributed by atoms with Gasteiger partial charge in [0.2, 0.25) is 5.91 Å². The molecule has 0 fully saturated rings. The van der Waals surface area contributed by atoms with Crippen molar-refractivity contribution in [3.05, 3.63) is 60.8 Å². The SMILES string of the molecule is CCCCCCC/C=C/C=C/C=C/CCCCCCCC(=O)OC(CCCCC/C=C/C=C/CCCCCCCCC)CC(=O)NC(CO)C(O)CCCCCCCCCCCCCCCCCCC. The number of allylic oxidation sites excluding steroid dienone is 10. The van der Waals surface area contributed by atoms with E-state index in [0.29, 0.717) is 19.3 Å². The molecule has 0 aliphatic carbocycles. The summed E-state index contributed by atoms with van der Waals surface area (Å²) in [4.78, 5) is 26.3. The lowest BCUT2D eigenvalue weighted by atomic mass is 10.0. The van der Waals surface area contributed by atoms with Crippen molar-refractivity contribution >= 4 is 11.9 Å². The zero-order valence-electron chi connectivity index (χ0n) is 46.7. The molecule has 3 N–H and O–H groups in total. The van der Waals surface area contributed by atoms with Crippen molar-refractivity contribution in [2.75, 3.05) is 6.61 Å². The van der Waals surface area contributed by atoms with E-state index in [4.69, 9.17) is 4.74 Å². The number of hydrogen-bond acceptors (Lipinski definition) is 5. The van der Waals surface area contributed by atoms with Crippen LogP contribution in [0.1, 0.15) is 310 Å². The zero-order chi connectivity index (χ0) is 50.9. The lowest BCUT2D eigenvalue weighted by Crippen LogP contribution is -2.46. The van der Waals surface area contributed by atoms with E-state index in [0.717, 1.165) is 89.9 Å². The molecule has 1 amide bonds. The molecule has 0 aliphatic heterocycles. The first kappa shape index (κ1) is 67.6. The van der Waals surface area contributed by atoms with Crippen molar-refractivity contribution in [2.24, 2.45) is 0 Å². The molecule has 0 spiro atoms. The van der Waals surface area contributed by atoms with Crippen LogP contribution in [0, 0.1) is 0 Å². The van der Waals surface area contributed by atoms with Gasteiger partial charge in [0.15, 0.2) is 0 Å². The van der Waals surface area contributed by atoms with Gasteiger partial charge in [-0.2, -0.15) is 0 Å². The third kappa shape index (κ3) is 51.9. The third-order valence-electron chi connectivity index (χ3n) is 13.9. The number of hydrogen-bond donors (Lipinski definition) is 3. The highest BCUT2D eigenvalue weighted by atomic mass is 16.5. The quantitative estimate of drug-likeness (QED) is 0.0321. The maximum atomic E-state index is 13.3. The normalized spacial score (nSPS) is 13.5. The largest absolute Gasteiger partial charge is 0.462 e. The summed E-state index contributed by atoms with van der Waals surface area (Å²) >= 11 is 0. The Kier molecular flexibility index (Phi) is 55.5. The molecule has 0 aromatic rings. The second kappa shape index (κ2) is 57.5. The van der Waals surface area contributed by atoms with Gasteiger partial charge < -0.3 is 20.3 Å². The van der Waals surface area contributed by atoms with Crippen molar-refractivity contribution in [3.63, 3.8) is 0 Å². The molecule has 70 heavy (non-hydrogen) atoms. The zero-order valence-corrected chi connectivity index (χ0v) is 46.7.